The third kappa shape index (κ3) is 1.09. The van der Waals surface area contributed by atoms with Crippen molar-refractivity contribution in [3.05, 3.63) is 24.3 Å². The van der Waals surface area contributed by atoms with Crippen LogP contribution in [0.4, 0.5) is 0 Å². The van der Waals surface area contributed by atoms with Crippen LogP contribution >= 0.6 is 0 Å². The summed E-state index contributed by atoms with van der Waals surface area (Å²) in [4.78, 5) is 7.69. The van der Waals surface area contributed by atoms with E-state index in [0.29, 0.717) is 12.8 Å². The number of nitrogens with zero attached hydrogens (tertiary/aromatic N) is 2. The summed E-state index contributed by atoms with van der Waals surface area (Å²) < 4.78 is 0. The Labute approximate surface area is 70.5 Å². The number of hydrogen-bond acceptors (Lipinski definition) is 4. The van der Waals surface area contributed by atoms with E-state index in [9.17, 15) is 5.11 Å². The van der Waals surface area contributed by atoms with Crippen LogP contribution in [0.25, 0.3) is 0 Å². The summed E-state index contributed by atoms with van der Waals surface area (Å²) in [5.41, 5.74) is 5.60. The van der Waals surface area contributed by atoms with E-state index < -0.39 is 5.60 Å². The Hall–Kier alpha value is -1.00. The van der Waals surface area contributed by atoms with Gasteiger partial charge in [0.05, 0.1) is 5.60 Å². The number of rotatable bonds is 1. The summed E-state index contributed by atoms with van der Waals surface area (Å²) >= 11 is 0. The van der Waals surface area contributed by atoms with Crippen molar-refractivity contribution in [3.63, 3.8) is 0 Å². The summed E-state index contributed by atoms with van der Waals surface area (Å²) in [6.07, 6.45) is 5.95. The second kappa shape index (κ2) is 2.50. The summed E-state index contributed by atoms with van der Waals surface area (Å²) in [5.74, 6) is 0. The molecule has 12 heavy (non-hydrogen) atoms. The lowest BCUT2D eigenvalue weighted by atomic mass is 9.73. The molecule has 4 nitrogen and oxygen atoms in total. The van der Waals surface area contributed by atoms with Crippen molar-refractivity contribution in [2.45, 2.75) is 24.5 Å². The van der Waals surface area contributed by atoms with Crippen molar-refractivity contribution in [3.8, 4) is 0 Å². The minimum atomic E-state index is -0.763. The van der Waals surface area contributed by atoms with Crippen LogP contribution in [0.2, 0.25) is 0 Å². The predicted octanol–water partition coefficient (Wildman–Crippen LogP) is -0.215. The third-order valence-corrected chi connectivity index (χ3v) is 2.30. The second-order valence-corrected chi connectivity index (χ2v) is 3.33. The Balaban J connectivity index is 2.21. The monoisotopic (exact) mass is 165 g/mol. The molecule has 0 saturated heterocycles. The molecule has 0 amide bonds. The first-order valence-electron chi connectivity index (χ1n) is 3.94. The van der Waals surface area contributed by atoms with Gasteiger partial charge in [0.1, 0.15) is 6.33 Å². The van der Waals surface area contributed by atoms with Crippen LogP contribution < -0.4 is 5.73 Å². The van der Waals surface area contributed by atoms with Gasteiger partial charge in [0.15, 0.2) is 0 Å². The number of nitrogens with two attached hydrogens (primary N) is 1. The van der Waals surface area contributed by atoms with Gasteiger partial charge in [0.2, 0.25) is 0 Å². The SMILES string of the molecule is NC1CC(O)(c2cncnc2)C1. The maximum Gasteiger partial charge on any atom is 0.115 e. The van der Waals surface area contributed by atoms with E-state index in [1.807, 2.05) is 0 Å². The molecular weight excluding hydrogens is 154 g/mol. The van der Waals surface area contributed by atoms with Gasteiger partial charge in [-0.1, -0.05) is 0 Å². The molecule has 0 radical (unpaired) electrons. The van der Waals surface area contributed by atoms with Crippen LogP contribution in [0.1, 0.15) is 18.4 Å². The van der Waals surface area contributed by atoms with E-state index in [0.717, 1.165) is 5.56 Å². The molecule has 0 bridgehead atoms. The van der Waals surface area contributed by atoms with Gasteiger partial charge in [-0.15, -0.1) is 0 Å². The van der Waals surface area contributed by atoms with Gasteiger partial charge < -0.3 is 10.8 Å². The second-order valence-electron chi connectivity index (χ2n) is 3.33. The zero-order chi connectivity index (χ0) is 8.60. The predicted molar refractivity (Wildman–Crippen MR) is 43.1 cm³/mol. The normalized spacial score (nSPS) is 34.3. The highest BCUT2D eigenvalue weighted by Gasteiger charge is 2.42. The molecule has 0 atom stereocenters. The summed E-state index contributed by atoms with van der Waals surface area (Å²) in [7, 11) is 0. The quantitative estimate of drug-likeness (QED) is 0.603. The standard InChI is InChI=1S/C8H11N3O/c9-7-1-8(12,2-7)6-3-10-5-11-4-6/h3-5,7,12H,1-2,9H2. The van der Waals surface area contributed by atoms with Crippen molar-refractivity contribution in [2.24, 2.45) is 5.73 Å². The van der Waals surface area contributed by atoms with E-state index in [1.54, 1.807) is 12.4 Å². The smallest absolute Gasteiger partial charge is 0.115 e. The van der Waals surface area contributed by atoms with Crippen molar-refractivity contribution < 1.29 is 5.11 Å². The lowest BCUT2D eigenvalue weighted by molar-refractivity contribution is -0.0528. The molecule has 1 aliphatic carbocycles. The highest BCUT2D eigenvalue weighted by atomic mass is 16.3. The Bertz CT molecular complexity index is 269. The first-order valence-corrected chi connectivity index (χ1v) is 3.94. The molecular formula is C8H11N3O. The zero-order valence-corrected chi connectivity index (χ0v) is 6.64. The van der Waals surface area contributed by atoms with Crippen LogP contribution in [-0.2, 0) is 5.60 Å². The largest absolute Gasteiger partial charge is 0.385 e. The van der Waals surface area contributed by atoms with Gasteiger partial charge in [-0.05, 0) is 12.8 Å². The van der Waals surface area contributed by atoms with Crippen LogP contribution in [-0.4, -0.2) is 21.1 Å². The minimum absolute atomic E-state index is 0.121. The van der Waals surface area contributed by atoms with Crippen molar-refractivity contribution >= 4 is 0 Å². The van der Waals surface area contributed by atoms with Gasteiger partial charge in [0, 0.05) is 24.0 Å². The first-order chi connectivity index (χ1) is 5.71. The molecule has 0 spiro atoms. The molecule has 0 aliphatic heterocycles. The Kier molecular flexibility index (Phi) is 1.59. The van der Waals surface area contributed by atoms with Crippen LogP contribution in [0.3, 0.4) is 0 Å². The van der Waals surface area contributed by atoms with E-state index in [2.05, 4.69) is 9.97 Å². The number of aromatic nitrogens is 2. The van der Waals surface area contributed by atoms with E-state index in [1.165, 1.54) is 6.33 Å². The van der Waals surface area contributed by atoms with E-state index in [-0.39, 0.29) is 6.04 Å². The molecule has 2 rings (SSSR count). The molecule has 1 aromatic heterocycles. The Morgan fingerprint density at radius 2 is 2.00 bits per heavy atom. The van der Waals surface area contributed by atoms with Crippen LogP contribution in [0, 0.1) is 0 Å². The summed E-state index contributed by atoms with van der Waals surface area (Å²) in [5, 5.41) is 9.89. The average Bonchev–Trinajstić information content (AvgIpc) is 2.04. The average molecular weight is 165 g/mol. The molecule has 0 aromatic carbocycles. The first kappa shape index (κ1) is 7.64. The topological polar surface area (TPSA) is 72.0 Å². The number of hydrogen-bond donors (Lipinski definition) is 2. The molecule has 1 heterocycles. The van der Waals surface area contributed by atoms with E-state index in [4.69, 9.17) is 5.73 Å². The molecule has 4 heteroatoms. The number of aliphatic hydroxyl groups is 1. The fourth-order valence-corrected chi connectivity index (χ4v) is 1.58. The molecule has 1 aromatic rings. The Morgan fingerprint density at radius 1 is 1.42 bits per heavy atom. The van der Waals surface area contributed by atoms with Crippen molar-refractivity contribution in [1.82, 2.24) is 9.97 Å². The lowest BCUT2D eigenvalue weighted by Gasteiger charge is -2.41. The van der Waals surface area contributed by atoms with Gasteiger partial charge in [-0.3, -0.25) is 0 Å². The molecule has 1 fully saturated rings. The highest BCUT2D eigenvalue weighted by Crippen LogP contribution is 2.39. The molecule has 0 unspecified atom stereocenters. The van der Waals surface area contributed by atoms with Gasteiger partial charge in [-0.2, -0.15) is 0 Å². The molecule has 3 N–H and O–H groups in total. The van der Waals surface area contributed by atoms with Gasteiger partial charge >= 0.3 is 0 Å². The van der Waals surface area contributed by atoms with Gasteiger partial charge in [0.25, 0.3) is 0 Å². The van der Waals surface area contributed by atoms with Crippen LogP contribution in [0.15, 0.2) is 18.7 Å². The highest BCUT2D eigenvalue weighted by molar-refractivity contribution is 5.19. The molecule has 1 aliphatic rings. The zero-order valence-electron chi connectivity index (χ0n) is 6.64. The van der Waals surface area contributed by atoms with Crippen molar-refractivity contribution in [2.75, 3.05) is 0 Å². The van der Waals surface area contributed by atoms with Crippen molar-refractivity contribution in [1.29, 1.82) is 0 Å². The lowest BCUT2D eigenvalue weighted by Crippen LogP contribution is -2.49. The summed E-state index contributed by atoms with van der Waals surface area (Å²) in [6.45, 7) is 0. The fourth-order valence-electron chi connectivity index (χ4n) is 1.58. The van der Waals surface area contributed by atoms with Crippen LogP contribution in [0.5, 0.6) is 0 Å². The Morgan fingerprint density at radius 3 is 2.50 bits per heavy atom. The summed E-state index contributed by atoms with van der Waals surface area (Å²) in [6, 6.07) is 0.121. The maximum atomic E-state index is 9.89. The molecule has 64 valence electrons. The minimum Gasteiger partial charge on any atom is -0.385 e. The van der Waals surface area contributed by atoms with Gasteiger partial charge in [-0.25, -0.2) is 9.97 Å². The maximum absolute atomic E-state index is 9.89. The fraction of sp³-hybridized carbons (Fsp3) is 0.500. The third-order valence-electron chi connectivity index (χ3n) is 2.30. The van der Waals surface area contributed by atoms with E-state index >= 15 is 0 Å². The molecule has 1 saturated carbocycles.